The largest absolute Gasteiger partial charge is 0.384 e. The number of rotatable bonds is 6. The fraction of sp³-hybridized carbons (Fsp3) is 0.375. The molecule has 1 aromatic carbocycles. The van der Waals surface area contributed by atoms with Gasteiger partial charge in [-0.1, -0.05) is 30.3 Å². The van der Waals surface area contributed by atoms with E-state index in [2.05, 4.69) is 41.2 Å². The van der Waals surface area contributed by atoms with E-state index in [9.17, 15) is 0 Å². The molecule has 0 aliphatic carbocycles. The highest BCUT2D eigenvalue weighted by Crippen LogP contribution is 2.19. The van der Waals surface area contributed by atoms with Gasteiger partial charge in [-0.2, -0.15) is 0 Å². The van der Waals surface area contributed by atoms with Crippen molar-refractivity contribution in [3.63, 3.8) is 0 Å². The Morgan fingerprint density at radius 2 is 1.90 bits per heavy atom. The second kappa shape index (κ2) is 7.04. The predicted octanol–water partition coefficient (Wildman–Crippen LogP) is 2.48. The Balaban J connectivity index is 2.12. The zero-order chi connectivity index (χ0) is 15.2. The fourth-order valence-corrected chi connectivity index (χ4v) is 2.03. The average Bonchev–Trinajstić information content (AvgIpc) is 2.45. The zero-order valence-corrected chi connectivity index (χ0v) is 12.9. The molecule has 5 nitrogen and oxygen atoms in total. The Morgan fingerprint density at radius 3 is 2.57 bits per heavy atom. The van der Waals surface area contributed by atoms with Gasteiger partial charge < -0.3 is 16.0 Å². The summed E-state index contributed by atoms with van der Waals surface area (Å²) in [5.74, 6) is 1.90. The Kier molecular flexibility index (Phi) is 5.11. The lowest BCUT2D eigenvalue weighted by Gasteiger charge is -2.17. The van der Waals surface area contributed by atoms with Gasteiger partial charge in [-0.15, -0.1) is 0 Å². The Hall–Kier alpha value is -2.14. The number of nitrogen functional groups attached to an aromatic ring is 1. The van der Waals surface area contributed by atoms with Crippen molar-refractivity contribution in [2.75, 3.05) is 31.7 Å². The maximum atomic E-state index is 5.90. The summed E-state index contributed by atoms with van der Waals surface area (Å²) in [5.41, 5.74) is 6.86. The van der Waals surface area contributed by atoms with Crippen molar-refractivity contribution >= 4 is 11.6 Å². The van der Waals surface area contributed by atoms with Gasteiger partial charge in [0.1, 0.15) is 11.6 Å². The van der Waals surface area contributed by atoms with E-state index < -0.39 is 0 Å². The Labute approximate surface area is 126 Å². The zero-order valence-electron chi connectivity index (χ0n) is 12.9. The number of hydrogen-bond donors (Lipinski definition) is 2. The smallest absolute Gasteiger partial charge is 0.163 e. The van der Waals surface area contributed by atoms with Gasteiger partial charge in [0.25, 0.3) is 0 Å². The van der Waals surface area contributed by atoms with Crippen LogP contribution in [0, 0.1) is 0 Å². The van der Waals surface area contributed by atoms with E-state index in [0.29, 0.717) is 17.7 Å². The van der Waals surface area contributed by atoms with Gasteiger partial charge in [0.05, 0.1) is 0 Å². The first-order chi connectivity index (χ1) is 10.0. The Bertz CT molecular complexity index is 568. The molecule has 2 aromatic rings. The van der Waals surface area contributed by atoms with Crippen LogP contribution in [0.3, 0.4) is 0 Å². The summed E-state index contributed by atoms with van der Waals surface area (Å²) in [7, 11) is 4.14. The van der Waals surface area contributed by atoms with Gasteiger partial charge in [-0.05, 0) is 34.0 Å². The van der Waals surface area contributed by atoms with E-state index in [4.69, 9.17) is 5.73 Å². The highest BCUT2D eigenvalue weighted by atomic mass is 15.1. The number of nitrogens with two attached hydrogens (primary N) is 1. The molecule has 1 heterocycles. The average molecular weight is 285 g/mol. The van der Waals surface area contributed by atoms with Gasteiger partial charge >= 0.3 is 0 Å². The van der Waals surface area contributed by atoms with Crippen molar-refractivity contribution in [3.8, 4) is 11.4 Å². The molecule has 1 aromatic heterocycles. The third-order valence-electron chi connectivity index (χ3n) is 3.18. The molecule has 0 aliphatic heterocycles. The summed E-state index contributed by atoms with van der Waals surface area (Å²) < 4.78 is 0. The second-order valence-corrected chi connectivity index (χ2v) is 5.51. The quantitative estimate of drug-likeness (QED) is 0.853. The van der Waals surface area contributed by atoms with Crippen LogP contribution in [0.25, 0.3) is 11.4 Å². The van der Waals surface area contributed by atoms with E-state index in [1.54, 1.807) is 6.07 Å². The third-order valence-corrected chi connectivity index (χ3v) is 3.18. The number of benzene rings is 1. The first kappa shape index (κ1) is 15.3. The molecule has 2 rings (SSSR count). The summed E-state index contributed by atoms with van der Waals surface area (Å²) in [6.45, 7) is 3.17. The molecule has 0 fully saturated rings. The van der Waals surface area contributed by atoms with Crippen molar-refractivity contribution in [2.45, 2.75) is 19.4 Å². The van der Waals surface area contributed by atoms with Crippen LogP contribution < -0.4 is 11.1 Å². The van der Waals surface area contributed by atoms with E-state index in [1.807, 2.05) is 30.3 Å². The highest BCUT2D eigenvalue weighted by Gasteiger charge is 2.08. The molecule has 5 heteroatoms. The minimum atomic E-state index is 0.324. The van der Waals surface area contributed by atoms with Crippen LogP contribution in [0.4, 0.5) is 11.6 Å². The first-order valence-corrected chi connectivity index (χ1v) is 7.16. The maximum absolute atomic E-state index is 5.90. The van der Waals surface area contributed by atoms with Gasteiger partial charge in [-0.3, -0.25) is 0 Å². The van der Waals surface area contributed by atoms with E-state index in [1.165, 1.54) is 0 Å². The standard InChI is InChI=1S/C16H23N5/c1-12(9-10-21(2)3)18-15-11-14(17)19-16(20-15)13-7-5-4-6-8-13/h4-8,11-12H,9-10H2,1-3H3,(H3,17,18,19,20). The van der Waals surface area contributed by atoms with Crippen LogP contribution in [0.2, 0.25) is 0 Å². The monoisotopic (exact) mass is 285 g/mol. The number of aromatic nitrogens is 2. The van der Waals surface area contributed by atoms with Crippen LogP contribution in [0.15, 0.2) is 36.4 Å². The molecule has 21 heavy (non-hydrogen) atoms. The molecule has 3 N–H and O–H groups in total. The molecule has 112 valence electrons. The fourth-order valence-electron chi connectivity index (χ4n) is 2.03. The topological polar surface area (TPSA) is 67.1 Å². The highest BCUT2D eigenvalue weighted by molar-refractivity contribution is 5.60. The molecule has 0 saturated carbocycles. The molecule has 1 unspecified atom stereocenters. The first-order valence-electron chi connectivity index (χ1n) is 7.16. The lowest BCUT2D eigenvalue weighted by Crippen LogP contribution is -2.23. The van der Waals surface area contributed by atoms with Crippen LogP contribution in [0.5, 0.6) is 0 Å². The molecule has 0 saturated heterocycles. The summed E-state index contributed by atoms with van der Waals surface area (Å²) in [6, 6.07) is 12.0. The minimum absolute atomic E-state index is 0.324. The molecule has 1 atom stereocenters. The van der Waals surface area contributed by atoms with Gasteiger partial charge in [-0.25, -0.2) is 9.97 Å². The second-order valence-electron chi connectivity index (χ2n) is 5.51. The Morgan fingerprint density at radius 1 is 1.19 bits per heavy atom. The van der Waals surface area contributed by atoms with Crippen molar-refractivity contribution in [3.05, 3.63) is 36.4 Å². The van der Waals surface area contributed by atoms with Gasteiger partial charge in [0.2, 0.25) is 0 Å². The molecular weight excluding hydrogens is 262 g/mol. The van der Waals surface area contributed by atoms with Crippen LogP contribution >= 0.6 is 0 Å². The van der Waals surface area contributed by atoms with Crippen LogP contribution in [0.1, 0.15) is 13.3 Å². The van der Waals surface area contributed by atoms with E-state index >= 15 is 0 Å². The van der Waals surface area contributed by atoms with Gasteiger partial charge in [0, 0.05) is 17.7 Å². The van der Waals surface area contributed by atoms with Crippen molar-refractivity contribution in [1.29, 1.82) is 0 Å². The number of anilines is 2. The summed E-state index contributed by atoms with van der Waals surface area (Å²) in [5, 5.41) is 3.39. The lowest BCUT2D eigenvalue weighted by atomic mass is 10.2. The minimum Gasteiger partial charge on any atom is -0.384 e. The normalized spacial score (nSPS) is 12.4. The maximum Gasteiger partial charge on any atom is 0.163 e. The van der Waals surface area contributed by atoms with Crippen molar-refractivity contribution in [2.24, 2.45) is 0 Å². The third kappa shape index (κ3) is 4.72. The summed E-state index contributed by atoms with van der Waals surface area (Å²) in [4.78, 5) is 11.0. The van der Waals surface area contributed by atoms with Gasteiger partial charge in [0.15, 0.2) is 5.82 Å². The molecule has 0 spiro atoms. The molecule has 0 radical (unpaired) electrons. The van der Waals surface area contributed by atoms with Crippen molar-refractivity contribution in [1.82, 2.24) is 14.9 Å². The number of hydrogen-bond acceptors (Lipinski definition) is 5. The van der Waals surface area contributed by atoms with Crippen LogP contribution in [-0.2, 0) is 0 Å². The van der Waals surface area contributed by atoms with Crippen LogP contribution in [-0.4, -0.2) is 41.5 Å². The molecular formula is C16H23N5. The molecule has 0 bridgehead atoms. The molecule has 0 aliphatic rings. The predicted molar refractivity (Wildman–Crippen MR) is 88.1 cm³/mol. The van der Waals surface area contributed by atoms with Crippen molar-refractivity contribution < 1.29 is 0 Å². The molecule has 0 amide bonds. The number of nitrogens with one attached hydrogen (secondary N) is 1. The van der Waals surface area contributed by atoms with E-state index in [-0.39, 0.29) is 0 Å². The number of nitrogens with zero attached hydrogens (tertiary/aromatic N) is 3. The summed E-state index contributed by atoms with van der Waals surface area (Å²) in [6.07, 6.45) is 1.04. The summed E-state index contributed by atoms with van der Waals surface area (Å²) >= 11 is 0. The lowest BCUT2D eigenvalue weighted by molar-refractivity contribution is 0.390. The van der Waals surface area contributed by atoms with E-state index in [0.717, 1.165) is 24.3 Å². The SMILES string of the molecule is CC(CCN(C)C)Nc1cc(N)nc(-c2ccccc2)n1.